The predicted molar refractivity (Wildman–Crippen MR) is 58.5 cm³/mol. The van der Waals surface area contributed by atoms with Gasteiger partial charge >= 0.3 is 0 Å². The summed E-state index contributed by atoms with van der Waals surface area (Å²) in [5.41, 5.74) is 0.966. The zero-order chi connectivity index (χ0) is 9.97. The van der Waals surface area contributed by atoms with Crippen molar-refractivity contribution in [2.45, 2.75) is 25.1 Å². The smallest absolute Gasteiger partial charge is 0.123 e. The van der Waals surface area contributed by atoms with E-state index in [9.17, 15) is 8.78 Å². The predicted octanol–water partition coefficient (Wildman–Crippen LogP) is 3.01. The number of hydrogen-bond acceptors (Lipinski definition) is 1. The van der Waals surface area contributed by atoms with Gasteiger partial charge in [0, 0.05) is 6.04 Å². The van der Waals surface area contributed by atoms with Crippen LogP contribution in [-0.2, 0) is 0 Å². The first-order valence-electron chi connectivity index (χ1n) is 4.88. The monoisotopic (exact) mass is 233 g/mol. The third kappa shape index (κ3) is 3.14. The zero-order valence-corrected chi connectivity index (χ0v) is 9.07. The van der Waals surface area contributed by atoms with E-state index in [1.165, 1.54) is 12.1 Å². The Morgan fingerprint density at radius 3 is 2.47 bits per heavy atom. The molecule has 1 aromatic rings. The van der Waals surface area contributed by atoms with Gasteiger partial charge in [-0.3, -0.25) is 0 Å². The molecule has 1 heterocycles. The number of benzene rings is 1. The van der Waals surface area contributed by atoms with Gasteiger partial charge in [-0.15, -0.1) is 12.4 Å². The van der Waals surface area contributed by atoms with Crippen molar-refractivity contribution in [3.63, 3.8) is 0 Å². The minimum Gasteiger partial charge on any atom is -0.310 e. The summed E-state index contributed by atoms with van der Waals surface area (Å²) < 4.78 is 25.7. The highest BCUT2D eigenvalue weighted by Crippen LogP contribution is 2.24. The van der Waals surface area contributed by atoms with Crippen LogP contribution in [-0.4, -0.2) is 12.7 Å². The van der Waals surface area contributed by atoms with Crippen LogP contribution in [0, 0.1) is 5.82 Å². The van der Waals surface area contributed by atoms with Crippen LogP contribution in [0.15, 0.2) is 24.3 Å². The summed E-state index contributed by atoms with van der Waals surface area (Å²) in [5.74, 6) is -0.249. The fraction of sp³-hybridized carbons (Fsp3) is 0.455. The highest BCUT2D eigenvalue weighted by molar-refractivity contribution is 5.85. The Morgan fingerprint density at radius 1 is 1.20 bits per heavy atom. The van der Waals surface area contributed by atoms with Crippen molar-refractivity contribution in [1.29, 1.82) is 0 Å². The molecule has 0 spiro atoms. The first-order valence-corrected chi connectivity index (χ1v) is 4.88. The van der Waals surface area contributed by atoms with E-state index in [4.69, 9.17) is 0 Å². The fourth-order valence-corrected chi connectivity index (χ4v) is 1.82. The summed E-state index contributed by atoms with van der Waals surface area (Å²) >= 11 is 0. The van der Waals surface area contributed by atoms with Crippen molar-refractivity contribution in [1.82, 2.24) is 5.32 Å². The van der Waals surface area contributed by atoms with Crippen molar-refractivity contribution >= 4 is 12.4 Å². The molecule has 0 amide bonds. The maximum Gasteiger partial charge on any atom is 0.123 e. The third-order valence-corrected chi connectivity index (χ3v) is 2.61. The lowest BCUT2D eigenvalue weighted by atomic mass is 9.96. The highest BCUT2D eigenvalue weighted by Gasteiger charge is 2.21. The molecule has 1 fully saturated rings. The Kier molecular flexibility index (Phi) is 4.48. The second-order valence-corrected chi connectivity index (χ2v) is 3.68. The highest BCUT2D eigenvalue weighted by atomic mass is 35.5. The molecule has 15 heavy (non-hydrogen) atoms. The molecule has 1 aromatic carbocycles. The van der Waals surface area contributed by atoms with Gasteiger partial charge in [-0.25, -0.2) is 8.78 Å². The molecular formula is C11H14ClF2N. The molecule has 0 radical (unpaired) electrons. The van der Waals surface area contributed by atoms with Crippen LogP contribution in [0.1, 0.15) is 24.4 Å². The summed E-state index contributed by atoms with van der Waals surface area (Å²) in [5, 5.41) is 3.22. The lowest BCUT2D eigenvalue weighted by molar-refractivity contribution is 0.224. The van der Waals surface area contributed by atoms with Crippen LogP contribution in [0.4, 0.5) is 8.78 Å². The normalized spacial score (nSPS) is 25.7. The summed E-state index contributed by atoms with van der Waals surface area (Å²) in [4.78, 5) is 0. The van der Waals surface area contributed by atoms with Crippen molar-refractivity contribution in [3.05, 3.63) is 35.6 Å². The molecule has 4 heteroatoms. The SMILES string of the molecule is Cl.Fc1ccc(C2CC(F)CCN2)cc1. The maximum atomic E-state index is 13.1. The molecule has 1 aliphatic heterocycles. The summed E-state index contributed by atoms with van der Waals surface area (Å²) in [6.07, 6.45) is 0.342. The van der Waals surface area contributed by atoms with Gasteiger partial charge in [0.05, 0.1) is 0 Å². The molecule has 2 rings (SSSR count). The molecule has 2 atom stereocenters. The van der Waals surface area contributed by atoms with Crippen LogP contribution in [0.5, 0.6) is 0 Å². The summed E-state index contributed by atoms with van der Waals surface area (Å²) in [6.45, 7) is 0.698. The first kappa shape index (κ1) is 12.4. The largest absolute Gasteiger partial charge is 0.310 e. The molecule has 0 saturated carbocycles. The van der Waals surface area contributed by atoms with E-state index in [-0.39, 0.29) is 24.3 Å². The lowest BCUT2D eigenvalue weighted by Crippen LogP contribution is -2.32. The Labute approximate surface area is 94.3 Å². The minimum atomic E-state index is -0.730. The van der Waals surface area contributed by atoms with Crippen molar-refractivity contribution in [3.8, 4) is 0 Å². The van der Waals surface area contributed by atoms with Gasteiger partial charge in [0.2, 0.25) is 0 Å². The number of alkyl halides is 1. The van der Waals surface area contributed by atoms with Crippen molar-refractivity contribution < 1.29 is 8.78 Å². The fourth-order valence-electron chi connectivity index (χ4n) is 1.82. The van der Waals surface area contributed by atoms with E-state index in [0.29, 0.717) is 19.4 Å². The molecule has 0 bridgehead atoms. The van der Waals surface area contributed by atoms with Gasteiger partial charge in [0.25, 0.3) is 0 Å². The number of hydrogen-bond donors (Lipinski definition) is 1. The Bertz CT molecular complexity index is 302. The quantitative estimate of drug-likeness (QED) is 0.786. The Morgan fingerprint density at radius 2 is 1.87 bits per heavy atom. The second kappa shape index (κ2) is 5.42. The molecule has 1 aliphatic rings. The maximum absolute atomic E-state index is 13.1. The second-order valence-electron chi connectivity index (χ2n) is 3.68. The van der Waals surface area contributed by atoms with E-state index in [2.05, 4.69) is 5.32 Å². The van der Waals surface area contributed by atoms with E-state index in [1.54, 1.807) is 12.1 Å². The molecule has 84 valence electrons. The number of rotatable bonds is 1. The topological polar surface area (TPSA) is 12.0 Å². The molecule has 1 nitrogen and oxygen atoms in total. The first-order chi connectivity index (χ1) is 6.75. The molecule has 1 saturated heterocycles. The molecular weight excluding hydrogens is 220 g/mol. The van der Waals surface area contributed by atoms with Crippen LogP contribution in [0.3, 0.4) is 0 Å². The zero-order valence-electron chi connectivity index (χ0n) is 8.25. The third-order valence-electron chi connectivity index (χ3n) is 2.61. The van der Waals surface area contributed by atoms with Crippen molar-refractivity contribution in [2.75, 3.05) is 6.54 Å². The van der Waals surface area contributed by atoms with Gasteiger partial charge in [-0.05, 0) is 37.1 Å². The van der Waals surface area contributed by atoms with Crippen LogP contribution in [0.25, 0.3) is 0 Å². The van der Waals surface area contributed by atoms with Crippen LogP contribution >= 0.6 is 12.4 Å². The molecule has 2 unspecified atom stereocenters. The number of piperidine rings is 1. The average molecular weight is 234 g/mol. The molecule has 1 N–H and O–H groups in total. The van der Waals surface area contributed by atoms with Gasteiger partial charge in [0.1, 0.15) is 12.0 Å². The van der Waals surface area contributed by atoms with Gasteiger partial charge in [0.15, 0.2) is 0 Å². The van der Waals surface area contributed by atoms with E-state index in [1.807, 2.05) is 0 Å². The lowest BCUT2D eigenvalue weighted by Gasteiger charge is -2.26. The summed E-state index contributed by atoms with van der Waals surface area (Å²) in [6, 6.07) is 6.30. The van der Waals surface area contributed by atoms with Gasteiger partial charge < -0.3 is 5.32 Å². The number of halogens is 3. The van der Waals surface area contributed by atoms with Gasteiger partial charge in [-0.1, -0.05) is 12.1 Å². The van der Waals surface area contributed by atoms with Crippen molar-refractivity contribution in [2.24, 2.45) is 0 Å². The minimum absolute atomic E-state index is 0. The van der Waals surface area contributed by atoms with E-state index >= 15 is 0 Å². The van der Waals surface area contributed by atoms with E-state index < -0.39 is 6.17 Å². The Hall–Kier alpha value is -0.670. The van der Waals surface area contributed by atoms with Crippen LogP contribution < -0.4 is 5.32 Å². The Balaban J connectivity index is 0.00000112. The summed E-state index contributed by atoms with van der Waals surface area (Å²) in [7, 11) is 0. The number of nitrogens with one attached hydrogen (secondary N) is 1. The van der Waals surface area contributed by atoms with E-state index in [0.717, 1.165) is 5.56 Å². The van der Waals surface area contributed by atoms with Crippen LogP contribution in [0.2, 0.25) is 0 Å². The van der Waals surface area contributed by atoms with Gasteiger partial charge in [-0.2, -0.15) is 0 Å². The average Bonchev–Trinajstić information content (AvgIpc) is 2.19. The standard InChI is InChI=1S/C11H13F2N.ClH/c12-9-3-1-8(2-4-9)11-7-10(13)5-6-14-11;/h1-4,10-11,14H,5-7H2;1H. The molecule has 0 aromatic heterocycles. The molecule has 0 aliphatic carbocycles.